The van der Waals surface area contributed by atoms with Crippen molar-refractivity contribution in [3.05, 3.63) is 59.9 Å². The molecule has 0 unspecified atom stereocenters. The second-order valence-electron chi connectivity index (χ2n) is 5.69. The molecule has 1 atom stereocenters. The van der Waals surface area contributed by atoms with E-state index < -0.39 is 0 Å². The van der Waals surface area contributed by atoms with Gasteiger partial charge in [0, 0.05) is 30.5 Å². The second-order valence-corrected chi connectivity index (χ2v) is 5.69. The topological polar surface area (TPSA) is 63.2 Å². The van der Waals surface area contributed by atoms with Crippen molar-refractivity contribution >= 4 is 5.91 Å². The standard InChI is InChI=1S/C18H21N3O2/c22-18(21-16-2-1-9-20-12-16)15-3-5-17(6-4-15)23-13-14-7-10-19-11-8-14/h3-8,10-11,16,20H,1-2,9,12-13H2,(H,21,22)/t16-/m0/s1. The highest BCUT2D eigenvalue weighted by atomic mass is 16.5. The molecule has 3 rings (SSSR count). The minimum atomic E-state index is -0.0283. The average molecular weight is 311 g/mol. The molecule has 1 fully saturated rings. The minimum absolute atomic E-state index is 0.0283. The van der Waals surface area contributed by atoms with E-state index in [1.165, 1.54) is 0 Å². The van der Waals surface area contributed by atoms with Crippen molar-refractivity contribution in [1.29, 1.82) is 0 Å². The first kappa shape index (κ1) is 15.5. The van der Waals surface area contributed by atoms with Crippen LogP contribution in [0.4, 0.5) is 0 Å². The zero-order valence-electron chi connectivity index (χ0n) is 13.0. The van der Waals surface area contributed by atoms with Crippen molar-refractivity contribution in [3.63, 3.8) is 0 Å². The van der Waals surface area contributed by atoms with Crippen LogP contribution in [-0.2, 0) is 6.61 Å². The summed E-state index contributed by atoms with van der Waals surface area (Å²) in [6, 6.07) is 11.3. The van der Waals surface area contributed by atoms with Crippen LogP contribution < -0.4 is 15.4 Å². The van der Waals surface area contributed by atoms with Gasteiger partial charge in [-0.15, -0.1) is 0 Å². The van der Waals surface area contributed by atoms with Gasteiger partial charge < -0.3 is 15.4 Å². The largest absolute Gasteiger partial charge is 0.489 e. The molecule has 120 valence electrons. The second kappa shape index (κ2) is 7.74. The van der Waals surface area contributed by atoms with Crippen LogP contribution in [0.1, 0.15) is 28.8 Å². The fourth-order valence-corrected chi connectivity index (χ4v) is 2.59. The molecule has 0 radical (unpaired) electrons. The highest BCUT2D eigenvalue weighted by Crippen LogP contribution is 2.14. The van der Waals surface area contributed by atoms with Crippen molar-refractivity contribution in [2.24, 2.45) is 0 Å². The van der Waals surface area contributed by atoms with Gasteiger partial charge in [0.1, 0.15) is 12.4 Å². The Balaban J connectivity index is 1.52. The summed E-state index contributed by atoms with van der Waals surface area (Å²) in [5.74, 6) is 0.720. The van der Waals surface area contributed by atoms with Gasteiger partial charge in [-0.05, 0) is 61.3 Å². The first-order valence-corrected chi connectivity index (χ1v) is 7.94. The number of aromatic nitrogens is 1. The maximum Gasteiger partial charge on any atom is 0.251 e. The SMILES string of the molecule is O=C(N[C@H]1CCCNC1)c1ccc(OCc2ccncc2)cc1. The molecule has 0 aliphatic carbocycles. The summed E-state index contributed by atoms with van der Waals surface area (Å²) in [5, 5.41) is 6.36. The number of ether oxygens (including phenoxy) is 1. The summed E-state index contributed by atoms with van der Waals surface area (Å²) in [6.07, 6.45) is 5.62. The third-order valence-corrected chi connectivity index (χ3v) is 3.90. The van der Waals surface area contributed by atoms with E-state index in [2.05, 4.69) is 15.6 Å². The predicted molar refractivity (Wildman–Crippen MR) is 88.4 cm³/mol. The van der Waals surface area contributed by atoms with Crippen LogP contribution >= 0.6 is 0 Å². The molecule has 1 saturated heterocycles. The zero-order chi connectivity index (χ0) is 15.9. The molecule has 1 aromatic carbocycles. The first-order valence-electron chi connectivity index (χ1n) is 7.94. The number of carbonyl (C=O) groups excluding carboxylic acids is 1. The molecule has 2 N–H and O–H groups in total. The van der Waals surface area contributed by atoms with E-state index in [0.717, 1.165) is 37.2 Å². The first-order chi connectivity index (χ1) is 11.3. The summed E-state index contributed by atoms with van der Waals surface area (Å²) < 4.78 is 5.71. The molecule has 1 aliphatic rings. The van der Waals surface area contributed by atoms with E-state index in [-0.39, 0.29) is 11.9 Å². The molecule has 0 saturated carbocycles. The minimum Gasteiger partial charge on any atom is -0.489 e. The van der Waals surface area contributed by atoms with Crippen LogP contribution in [0.2, 0.25) is 0 Å². The molecule has 0 spiro atoms. The summed E-state index contributed by atoms with van der Waals surface area (Å²) in [7, 11) is 0. The number of hydrogen-bond donors (Lipinski definition) is 2. The Bertz CT molecular complexity index is 622. The third kappa shape index (κ3) is 4.53. The van der Waals surface area contributed by atoms with Gasteiger partial charge in [0.25, 0.3) is 5.91 Å². The van der Waals surface area contributed by atoms with E-state index in [4.69, 9.17) is 4.74 Å². The number of amides is 1. The van der Waals surface area contributed by atoms with Crippen molar-refractivity contribution < 1.29 is 9.53 Å². The molecule has 2 aromatic rings. The monoisotopic (exact) mass is 311 g/mol. The number of nitrogens with one attached hydrogen (secondary N) is 2. The van der Waals surface area contributed by atoms with E-state index in [1.54, 1.807) is 24.5 Å². The molecule has 23 heavy (non-hydrogen) atoms. The van der Waals surface area contributed by atoms with Crippen molar-refractivity contribution in [2.75, 3.05) is 13.1 Å². The van der Waals surface area contributed by atoms with Crippen LogP contribution in [0.25, 0.3) is 0 Å². The molecule has 0 bridgehead atoms. The van der Waals surface area contributed by atoms with E-state index in [1.807, 2.05) is 24.3 Å². The van der Waals surface area contributed by atoms with Gasteiger partial charge in [-0.3, -0.25) is 9.78 Å². The van der Waals surface area contributed by atoms with Crippen molar-refractivity contribution in [3.8, 4) is 5.75 Å². The number of nitrogens with zero attached hydrogens (tertiary/aromatic N) is 1. The predicted octanol–water partition coefficient (Wildman–Crippen LogP) is 2.14. The summed E-state index contributed by atoms with van der Waals surface area (Å²) in [6.45, 7) is 2.37. The van der Waals surface area contributed by atoms with Crippen LogP contribution in [0.5, 0.6) is 5.75 Å². The summed E-state index contributed by atoms with van der Waals surface area (Å²) in [5.41, 5.74) is 1.72. The molecule has 1 aromatic heterocycles. The van der Waals surface area contributed by atoms with Crippen LogP contribution in [0.15, 0.2) is 48.8 Å². The lowest BCUT2D eigenvalue weighted by Gasteiger charge is -2.23. The Labute approximate surface area is 136 Å². The summed E-state index contributed by atoms with van der Waals surface area (Å²) >= 11 is 0. The maximum atomic E-state index is 12.2. The molecule has 1 aliphatic heterocycles. The maximum absolute atomic E-state index is 12.2. The smallest absolute Gasteiger partial charge is 0.251 e. The lowest BCUT2D eigenvalue weighted by atomic mass is 10.1. The van der Waals surface area contributed by atoms with Gasteiger partial charge in [-0.25, -0.2) is 0 Å². The van der Waals surface area contributed by atoms with E-state index >= 15 is 0 Å². The number of rotatable bonds is 5. The fourth-order valence-electron chi connectivity index (χ4n) is 2.59. The van der Waals surface area contributed by atoms with Gasteiger partial charge in [-0.2, -0.15) is 0 Å². The Kier molecular flexibility index (Phi) is 5.21. The molecular weight excluding hydrogens is 290 g/mol. The van der Waals surface area contributed by atoms with Gasteiger partial charge in [-0.1, -0.05) is 0 Å². The number of hydrogen-bond acceptors (Lipinski definition) is 4. The molecule has 5 heteroatoms. The van der Waals surface area contributed by atoms with Crippen molar-refractivity contribution in [1.82, 2.24) is 15.6 Å². The number of benzene rings is 1. The fraction of sp³-hybridized carbons (Fsp3) is 0.333. The quantitative estimate of drug-likeness (QED) is 0.888. The van der Waals surface area contributed by atoms with Crippen LogP contribution in [0, 0.1) is 0 Å². The molecule has 1 amide bonds. The average Bonchev–Trinajstić information content (AvgIpc) is 2.62. The molecule has 2 heterocycles. The Morgan fingerprint density at radius 2 is 2.00 bits per heavy atom. The van der Waals surface area contributed by atoms with Gasteiger partial charge >= 0.3 is 0 Å². The van der Waals surface area contributed by atoms with Crippen LogP contribution in [-0.4, -0.2) is 30.0 Å². The van der Waals surface area contributed by atoms with E-state index in [9.17, 15) is 4.79 Å². The Hall–Kier alpha value is -2.40. The zero-order valence-corrected chi connectivity index (χ0v) is 13.0. The van der Waals surface area contributed by atoms with Gasteiger partial charge in [0.05, 0.1) is 0 Å². The number of carbonyl (C=O) groups is 1. The van der Waals surface area contributed by atoms with Gasteiger partial charge in [0.15, 0.2) is 0 Å². The lowest BCUT2D eigenvalue weighted by Crippen LogP contribution is -2.45. The third-order valence-electron chi connectivity index (χ3n) is 3.90. The molecule has 5 nitrogen and oxygen atoms in total. The lowest BCUT2D eigenvalue weighted by molar-refractivity contribution is 0.0930. The summed E-state index contributed by atoms with van der Waals surface area (Å²) in [4.78, 5) is 16.2. The Morgan fingerprint density at radius 1 is 1.22 bits per heavy atom. The number of piperidine rings is 1. The normalized spacial score (nSPS) is 17.5. The Morgan fingerprint density at radius 3 is 2.70 bits per heavy atom. The highest BCUT2D eigenvalue weighted by Gasteiger charge is 2.16. The van der Waals surface area contributed by atoms with E-state index in [0.29, 0.717) is 12.2 Å². The highest BCUT2D eigenvalue weighted by molar-refractivity contribution is 5.94. The number of pyridine rings is 1. The van der Waals surface area contributed by atoms with Crippen molar-refractivity contribution in [2.45, 2.75) is 25.5 Å². The van der Waals surface area contributed by atoms with Gasteiger partial charge in [0.2, 0.25) is 0 Å². The van der Waals surface area contributed by atoms with Crippen LogP contribution in [0.3, 0.4) is 0 Å². The molecular formula is C18H21N3O2.